The highest BCUT2D eigenvalue weighted by Gasteiger charge is 2.22. The van der Waals surface area contributed by atoms with E-state index < -0.39 is 0 Å². The molecular formula is C11H12ClNO. The fraction of sp³-hybridized carbons (Fsp3) is 0.364. The SMILES string of the molecule is O=C(c1ccc(Cl)cc1)[C@@H]1CCCN1. The Balaban J connectivity index is 2.14. The second-order valence-electron chi connectivity index (χ2n) is 3.52. The van der Waals surface area contributed by atoms with E-state index in [0.717, 1.165) is 24.9 Å². The molecule has 1 aromatic carbocycles. The lowest BCUT2D eigenvalue weighted by Gasteiger charge is -2.08. The molecule has 3 heteroatoms. The lowest BCUT2D eigenvalue weighted by molar-refractivity contribution is 0.0952. The maximum atomic E-state index is 11.9. The standard InChI is InChI=1S/C11H12ClNO/c12-9-5-3-8(4-6-9)11(14)10-2-1-7-13-10/h3-6,10,13H,1-2,7H2/t10-/m0/s1. The third-order valence-corrected chi connectivity index (χ3v) is 2.76. The lowest BCUT2D eigenvalue weighted by Crippen LogP contribution is -2.30. The summed E-state index contributed by atoms with van der Waals surface area (Å²) in [4.78, 5) is 11.9. The van der Waals surface area contributed by atoms with Crippen LogP contribution in [0, 0.1) is 0 Å². The average molecular weight is 210 g/mol. The van der Waals surface area contributed by atoms with Crippen molar-refractivity contribution in [3.8, 4) is 0 Å². The van der Waals surface area contributed by atoms with Crippen LogP contribution in [0.15, 0.2) is 24.3 Å². The van der Waals surface area contributed by atoms with Gasteiger partial charge in [-0.2, -0.15) is 0 Å². The first-order valence-corrected chi connectivity index (χ1v) is 5.18. The molecule has 0 amide bonds. The minimum atomic E-state index is 0.0103. The molecule has 0 spiro atoms. The number of Topliss-reactive ketones (excluding diaryl/α,β-unsaturated/α-hetero) is 1. The molecule has 1 aliphatic rings. The van der Waals surface area contributed by atoms with E-state index in [1.807, 2.05) is 0 Å². The number of hydrogen-bond acceptors (Lipinski definition) is 2. The van der Waals surface area contributed by atoms with Crippen LogP contribution in [0.25, 0.3) is 0 Å². The van der Waals surface area contributed by atoms with E-state index in [-0.39, 0.29) is 11.8 Å². The monoisotopic (exact) mass is 209 g/mol. The largest absolute Gasteiger partial charge is 0.307 e. The van der Waals surface area contributed by atoms with Gasteiger partial charge in [-0.1, -0.05) is 11.6 Å². The van der Waals surface area contributed by atoms with Crippen LogP contribution in [0.5, 0.6) is 0 Å². The van der Waals surface area contributed by atoms with Crippen molar-refractivity contribution in [2.45, 2.75) is 18.9 Å². The van der Waals surface area contributed by atoms with E-state index in [9.17, 15) is 4.79 Å². The number of halogens is 1. The number of carbonyl (C=O) groups excluding carboxylic acids is 1. The van der Waals surface area contributed by atoms with Gasteiger partial charge in [0.25, 0.3) is 0 Å². The maximum Gasteiger partial charge on any atom is 0.179 e. The molecule has 2 nitrogen and oxygen atoms in total. The molecule has 2 rings (SSSR count). The Morgan fingerprint density at radius 3 is 2.64 bits per heavy atom. The Morgan fingerprint density at radius 1 is 1.36 bits per heavy atom. The predicted molar refractivity (Wildman–Crippen MR) is 56.8 cm³/mol. The summed E-state index contributed by atoms with van der Waals surface area (Å²) in [5, 5.41) is 3.85. The molecule has 0 saturated carbocycles. The van der Waals surface area contributed by atoms with Gasteiger partial charge in [0, 0.05) is 10.6 Å². The summed E-state index contributed by atoms with van der Waals surface area (Å²) in [6, 6.07) is 7.08. The average Bonchev–Trinajstić information content (AvgIpc) is 2.71. The number of nitrogens with one attached hydrogen (secondary N) is 1. The second-order valence-corrected chi connectivity index (χ2v) is 3.96. The van der Waals surface area contributed by atoms with Gasteiger partial charge < -0.3 is 5.32 Å². The first-order chi connectivity index (χ1) is 6.77. The van der Waals surface area contributed by atoms with Crippen molar-refractivity contribution in [3.63, 3.8) is 0 Å². The summed E-state index contributed by atoms with van der Waals surface area (Å²) in [6.07, 6.45) is 2.03. The van der Waals surface area contributed by atoms with Crippen LogP contribution in [-0.2, 0) is 0 Å². The Labute approximate surface area is 88.3 Å². The van der Waals surface area contributed by atoms with Crippen LogP contribution in [-0.4, -0.2) is 18.4 Å². The summed E-state index contributed by atoms with van der Waals surface area (Å²) in [5.41, 5.74) is 0.744. The van der Waals surface area contributed by atoms with E-state index in [1.165, 1.54) is 0 Å². The minimum Gasteiger partial charge on any atom is -0.307 e. The number of carbonyl (C=O) groups is 1. The van der Waals surface area contributed by atoms with Gasteiger partial charge in [-0.05, 0) is 43.7 Å². The number of benzene rings is 1. The van der Waals surface area contributed by atoms with Crippen LogP contribution in [0.1, 0.15) is 23.2 Å². The zero-order chi connectivity index (χ0) is 9.97. The van der Waals surface area contributed by atoms with Gasteiger partial charge in [-0.15, -0.1) is 0 Å². The normalized spacial score (nSPS) is 21.1. The molecule has 1 N–H and O–H groups in total. The summed E-state index contributed by atoms with van der Waals surface area (Å²) < 4.78 is 0. The summed E-state index contributed by atoms with van der Waals surface area (Å²) >= 11 is 5.75. The first-order valence-electron chi connectivity index (χ1n) is 4.80. The molecule has 1 aromatic rings. The van der Waals surface area contributed by atoms with E-state index in [1.54, 1.807) is 24.3 Å². The Kier molecular flexibility index (Phi) is 2.85. The van der Waals surface area contributed by atoms with Crippen molar-refractivity contribution >= 4 is 17.4 Å². The third kappa shape index (κ3) is 1.97. The van der Waals surface area contributed by atoms with E-state index in [2.05, 4.69) is 5.32 Å². The fourth-order valence-electron chi connectivity index (χ4n) is 1.72. The van der Waals surface area contributed by atoms with Crippen LogP contribution < -0.4 is 5.32 Å². The van der Waals surface area contributed by atoms with Gasteiger partial charge in [0.05, 0.1) is 6.04 Å². The minimum absolute atomic E-state index is 0.0103. The van der Waals surface area contributed by atoms with Crippen molar-refractivity contribution in [1.29, 1.82) is 0 Å². The summed E-state index contributed by atoms with van der Waals surface area (Å²) in [6.45, 7) is 0.948. The highest BCUT2D eigenvalue weighted by Crippen LogP contribution is 2.14. The van der Waals surface area contributed by atoms with E-state index >= 15 is 0 Å². The molecular weight excluding hydrogens is 198 g/mol. The quantitative estimate of drug-likeness (QED) is 0.758. The Hall–Kier alpha value is -0.860. The van der Waals surface area contributed by atoms with Gasteiger partial charge in [0.2, 0.25) is 0 Å². The van der Waals surface area contributed by atoms with Gasteiger partial charge >= 0.3 is 0 Å². The van der Waals surface area contributed by atoms with Gasteiger partial charge in [0.15, 0.2) is 5.78 Å². The molecule has 14 heavy (non-hydrogen) atoms. The zero-order valence-corrected chi connectivity index (χ0v) is 8.55. The summed E-state index contributed by atoms with van der Waals surface area (Å²) in [5.74, 6) is 0.180. The fourth-order valence-corrected chi connectivity index (χ4v) is 1.85. The smallest absolute Gasteiger partial charge is 0.179 e. The molecule has 0 radical (unpaired) electrons. The van der Waals surface area contributed by atoms with E-state index in [0.29, 0.717) is 5.02 Å². The van der Waals surface area contributed by atoms with Crippen LogP contribution in [0.3, 0.4) is 0 Å². The first kappa shape index (κ1) is 9.69. The summed E-state index contributed by atoms with van der Waals surface area (Å²) in [7, 11) is 0. The van der Waals surface area contributed by atoms with Crippen molar-refractivity contribution in [3.05, 3.63) is 34.9 Å². The third-order valence-electron chi connectivity index (χ3n) is 2.51. The molecule has 1 aliphatic heterocycles. The van der Waals surface area contributed by atoms with Crippen molar-refractivity contribution in [2.75, 3.05) is 6.54 Å². The van der Waals surface area contributed by atoms with E-state index in [4.69, 9.17) is 11.6 Å². The molecule has 0 aliphatic carbocycles. The zero-order valence-electron chi connectivity index (χ0n) is 7.79. The number of hydrogen-bond donors (Lipinski definition) is 1. The van der Waals surface area contributed by atoms with Gasteiger partial charge in [-0.3, -0.25) is 4.79 Å². The molecule has 74 valence electrons. The van der Waals surface area contributed by atoms with Gasteiger partial charge in [-0.25, -0.2) is 0 Å². The van der Waals surface area contributed by atoms with Crippen molar-refractivity contribution in [1.82, 2.24) is 5.32 Å². The van der Waals surface area contributed by atoms with Crippen LogP contribution >= 0.6 is 11.6 Å². The molecule has 1 fully saturated rings. The predicted octanol–water partition coefficient (Wildman–Crippen LogP) is 2.27. The second kappa shape index (κ2) is 4.11. The molecule has 1 atom stereocenters. The Morgan fingerprint density at radius 2 is 2.07 bits per heavy atom. The molecule has 1 saturated heterocycles. The molecule has 1 heterocycles. The maximum absolute atomic E-state index is 11.9. The Bertz CT molecular complexity index is 328. The molecule has 0 unspecified atom stereocenters. The van der Waals surface area contributed by atoms with Crippen LogP contribution in [0.2, 0.25) is 5.02 Å². The van der Waals surface area contributed by atoms with Crippen molar-refractivity contribution in [2.24, 2.45) is 0 Å². The molecule has 0 bridgehead atoms. The number of ketones is 1. The van der Waals surface area contributed by atoms with Crippen LogP contribution in [0.4, 0.5) is 0 Å². The highest BCUT2D eigenvalue weighted by molar-refractivity contribution is 6.30. The topological polar surface area (TPSA) is 29.1 Å². The lowest BCUT2D eigenvalue weighted by atomic mass is 10.0. The number of rotatable bonds is 2. The highest BCUT2D eigenvalue weighted by atomic mass is 35.5. The van der Waals surface area contributed by atoms with Crippen molar-refractivity contribution < 1.29 is 4.79 Å². The molecule has 0 aromatic heterocycles. The van der Waals surface area contributed by atoms with Gasteiger partial charge in [0.1, 0.15) is 0 Å².